The van der Waals surface area contributed by atoms with Crippen molar-refractivity contribution in [2.75, 3.05) is 26.2 Å². The number of nitrogens with zero attached hydrogens (tertiary/aromatic N) is 2. The Bertz CT molecular complexity index is 534. The van der Waals surface area contributed by atoms with E-state index in [1.165, 1.54) is 5.56 Å². The lowest BCUT2D eigenvalue weighted by Crippen LogP contribution is -2.69. The molecule has 1 aromatic rings. The number of piperazine rings is 2. The van der Waals surface area contributed by atoms with Gasteiger partial charge in [-0.3, -0.25) is 14.5 Å². The van der Waals surface area contributed by atoms with Gasteiger partial charge in [0.25, 0.3) is 0 Å². The van der Waals surface area contributed by atoms with Crippen LogP contribution >= 0.6 is 0 Å². The molecular formula is C15H19N3O3. The first kappa shape index (κ1) is 14.0. The minimum atomic E-state index is -0.783. The predicted molar refractivity (Wildman–Crippen MR) is 76.2 cm³/mol. The van der Waals surface area contributed by atoms with E-state index < -0.39 is 12.1 Å². The van der Waals surface area contributed by atoms with Crippen LogP contribution in [0.5, 0.6) is 0 Å². The van der Waals surface area contributed by atoms with Crippen LogP contribution in [0.4, 0.5) is 0 Å². The van der Waals surface area contributed by atoms with E-state index in [0.29, 0.717) is 13.1 Å². The maximum atomic E-state index is 12.1. The van der Waals surface area contributed by atoms with Crippen molar-refractivity contribution in [1.82, 2.24) is 15.1 Å². The van der Waals surface area contributed by atoms with E-state index in [0.717, 1.165) is 13.1 Å². The van der Waals surface area contributed by atoms with E-state index in [1.807, 2.05) is 18.2 Å². The van der Waals surface area contributed by atoms with Crippen molar-refractivity contribution in [3.8, 4) is 0 Å². The minimum Gasteiger partial charge on any atom is -0.394 e. The number of amides is 2. The molecule has 0 spiro atoms. The number of carbonyl (C=O) groups is 2. The van der Waals surface area contributed by atoms with Crippen LogP contribution in [-0.4, -0.2) is 65.0 Å². The van der Waals surface area contributed by atoms with Crippen molar-refractivity contribution in [3.05, 3.63) is 35.9 Å². The first-order valence-electron chi connectivity index (χ1n) is 7.17. The molecule has 0 aliphatic carbocycles. The Hall–Kier alpha value is -1.92. The highest BCUT2D eigenvalue weighted by Crippen LogP contribution is 2.17. The second-order valence-electron chi connectivity index (χ2n) is 5.51. The quantitative estimate of drug-likeness (QED) is 0.763. The number of fused-ring (bicyclic) bond motifs is 1. The Balaban J connectivity index is 1.68. The van der Waals surface area contributed by atoms with E-state index in [4.69, 9.17) is 5.11 Å². The second kappa shape index (κ2) is 5.83. The minimum absolute atomic E-state index is 0.175. The maximum absolute atomic E-state index is 12.1. The highest BCUT2D eigenvalue weighted by Gasteiger charge is 2.42. The molecule has 6 heteroatoms. The van der Waals surface area contributed by atoms with Crippen LogP contribution in [0, 0.1) is 0 Å². The zero-order valence-corrected chi connectivity index (χ0v) is 11.7. The lowest BCUT2D eigenvalue weighted by Gasteiger charge is -2.45. The molecule has 6 nitrogen and oxygen atoms in total. The molecule has 2 amide bonds. The fourth-order valence-electron chi connectivity index (χ4n) is 2.97. The summed E-state index contributed by atoms with van der Waals surface area (Å²) < 4.78 is 0. The smallest absolute Gasteiger partial charge is 0.248 e. The number of aliphatic hydroxyl groups is 1. The summed E-state index contributed by atoms with van der Waals surface area (Å²) in [5, 5.41) is 11.7. The number of hydrogen-bond acceptors (Lipinski definition) is 4. The summed E-state index contributed by atoms with van der Waals surface area (Å²) in [6, 6.07) is 8.85. The van der Waals surface area contributed by atoms with E-state index in [9.17, 15) is 9.59 Å². The molecule has 2 heterocycles. The second-order valence-corrected chi connectivity index (χ2v) is 5.51. The third-order valence-electron chi connectivity index (χ3n) is 4.10. The third-order valence-corrected chi connectivity index (χ3v) is 4.10. The molecular weight excluding hydrogens is 270 g/mol. The van der Waals surface area contributed by atoms with Gasteiger partial charge >= 0.3 is 0 Å². The molecule has 1 aromatic carbocycles. The van der Waals surface area contributed by atoms with Gasteiger partial charge < -0.3 is 15.3 Å². The number of benzene rings is 1. The molecule has 2 N–H and O–H groups in total. The molecule has 112 valence electrons. The monoisotopic (exact) mass is 289 g/mol. The zero-order chi connectivity index (χ0) is 14.8. The van der Waals surface area contributed by atoms with Gasteiger partial charge in [0, 0.05) is 26.2 Å². The van der Waals surface area contributed by atoms with E-state index >= 15 is 0 Å². The van der Waals surface area contributed by atoms with E-state index in [1.54, 1.807) is 4.90 Å². The van der Waals surface area contributed by atoms with Crippen LogP contribution in [0.25, 0.3) is 0 Å². The summed E-state index contributed by atoms with van der Waals surface area (Å²) in [6.45, 7) is 2.23. The lowest BCUT2D eigenvalue weighted by molar-refractivity contribution is -0.154. The molecule has 0 bridgehead atoms. The topological polar surface area (TPSA) is 72.9 Å². The number of hydrogen-bond donors (Lipinski definition) is 2. The summed E-state index contributed by atoms with van der Waals surface area (Å²) >= 11 is 0. The SMILES string of the molecule is O=C1N[C@@H](CO)C(=O)N2CCN(Cc3ccccc3)C[C@H]12. The first-order valence-corrected chi connectivity index (χ1v) is 7.17. The Morgan fingerprint density at radius 1 is 1.19 bits per heavy atom. The number of nitrogens with one attached hydrogen (secondary N) is 1. The van der Waals surface area contributed by atoms with Gasteiger partial charge in [0.2, 0.25) is 11.8 Å². The Kier molecular flexibility index (Phi) is 3.90. The number of aliphatic hydroxyl groups excluding tert-OH is 1. The zero-order valence-electron chi connectivity index (χ0n) is 11.7. The Morgan fingerprint density at radius 3 is 2.67 bits per heavy atom. The fourth-order valence-corrected chi connectivity index (χ4v) is 2.97. The highest BCUT2D eigenvalue weighted by atomic mass is 16.3. The summed E-state index contributed by atoms with van der Waals surface area (Å²) in [5.41, 5.74) is 1.20. The summed E-state index contributed by atoms with van der Waals surface area (Å²) in [4.78, 5) is 28.0. The molecule has 0 unspecified atom stereocenters. The molecule has 3 rings (SSSR count). The van der Waals surface area contributed by atoms with Crippen molar-refractivity contribution in [1.29, 1.82) is 0 Å². The van der Waals surface area contributed by atoms with Crippen LogP contribution in [0.3, 0.4) is 0 Å². The van der Waals surface area contributed by atoms with Gasteiger partial charge in [-0.15, -0.1) is 0 Å². The molecule has 2 aliphatic heterocycles. The molecule has 21 heavy (non-hydrogen) atoms. The van der Waals surface area contributed by atoms with E-state index in [-0.39, 0.29) is 18.4 Å². The fraction of sp³-hybridized carbons (Fsp3) is 0.467. The van der Waals surface area contributed by atoms with Gasteiger partial charge in [-0.2, -0.15) is 0 Å². The molecule has 0 saturated carbocycles. The van der Waals surface area contributed by atoms with Gasteiger partial charge in [-0.05, 0) is 5.56 Å². The van der Waals surface area contributed by atoms with Crippen molar-refractivity contribution < 1.29 is 14.7 Å². The van der Waals surface area contributed by atoms with Crippen molar-refractivity contribution in [3.63, 3.8) is 0 Å². The summed E-state index contributed by atoms with van der Waals surface area (Å²) in [7, 11) is 0. The third kappa shape index (κ3) is 2.77. The predicted octanol–water partition coefficient (Wildman–Crippen LogP) is -0.810. The maximum Gasteiger partial charge on any atom is 0.248 e. The van der Waals surface area contributed by atoms with Crippen LogP contribution in [-0.2, 0) is 16.1 Å². The first-order chi connectivity index (χ1) is 10.2. The molecule has 2 aliphatic rings. The van der Waals surface area contributed by atoms with Gasteiger partial charge in [0.1, 0.15) is 12.1 Å². The largest absolute Gasteiger partial charge is 0.394 e. The Labute approximate surface area is 123 Å². The highest BCUT2D eigenvalue weighted by molar-refractivity contribution is 5.97. The number of rotatable bonds is 3. The van der Waals surface area contributed by atoms with Gasteiger partial charge in [0.15, 0.2) is 0 Å². The standard InChI is InChI=1S/C15H19N3O3/c19-10-12-15(21)18-7-6-17(9-13(18)14(20)16-12)8-11-4-2-1-3-5-11/h1-5,12-13,19H,6-10H2,(H,16,20)/t12-,13+/m0/s1. The lowest BCUT2D eigenvalue weighted by atomic mass is 10.0. The number of carbonyl (C=O) groups excluding carboxylic acids is 2. The van der Waals surface area contributed by atoms with Gasteiger partial charge in [0.05, 0.1) is 6.61 Å². The average molecular weight is 289 g/mol. The molecule has 0 aromatic heterocycles. The normalized spacial score (nSPS) is 26.4. The van der Waals surface area contributed by atoms with Crippen LogP contribution in [0.15, 0.2) is 30.3 Å². The van der Waals surface area contributed by atoms with Crippen molar-refractivity contribution >= 4 is 11.8 Å². The van der Waals surface area contributed by atoms with Crippen molar-refractivity contribution in [2.45, 2.75) is 18.6 Å². The molecule has 0 radical (unpaired) electrons. The summed E-state index contributed by atoms with van der Waals surface area (Å²) in [6.07, 6.45) is 0. The van der Waals surface area contributed by atoms with Crippen LogP contribution in [0.1, 0.15) is 5.56 Å². The van der Waals surface area contributed by atoms with Crippen LogP contribution < -0.4 is 5.32 Å². The molecule has 2 atom stereocenters. The van der Waals surface area contributed by atoms with E-state index in [2.05, 4.69) is 22.3 Å². The molecule has 2 saturated heterocycles. The van der Waals surface area contributed by atoms with Gasteiger partial charge in [-0.25, -0.2) is 0 Å². The molecule has 2 fully saturated rings. The average Bonchev–Trinajstić information content (AvgIpc) is 2.52. The van der Waals surface area contributed by atoms with Crippen LogP contribution in [0.2, 0.25) is 0 Å². The Morgan fingerprint density at radius 2 is 1.95 bits per heavy atom. The van der Waals surface area contributed by atoms with Crippen molar-refractivity contribution in [2.24, 2.45) is 0 Å². The summed E-state index contributed by atoms with van der Waals surface area (Å²) in [5.74, 6) is -0.354. The van der Waals surface area contributed by atoms with Gasteiger partial charge in [-0.1, -0.05) is 30.3 Å².